The van der Waals surface area contributed by atoms with Crippen molar-refractivity contribution >= 4 is 32.9 Å². The van der Waals surface area contributed by atoms with E-state index in [0.29, 0.717) is 0 Å². The Bertz CT molecular complexity index is 1030. The fraction of sp³-hybridized carbons (Fsp3) is 0.0476. The highest BCUT2D eigenvalue weighted by Crippen LogP contribution is 2.39. The minimum Gasteiger partial charge on any atom is -0.399 e. The van der Waals surface area contributed by atoms with E-state index < -0.39 is 0 Å². The molecule has 0 aliphatic heterocycles. The average Bonchev–Trinajstić information content (AvgIpc) is 2.56. The molecule has 0 spiro atoms. The predicted octanol–water partition coefficient (Wildman–Crippen LogP) is 5.13. The second kappa shape index (κ2) is 5.03. The lowest BCUT2D eigenvalue weighted by Crippen LogP contribution is -1.93. The third-order valence-electron chi connectivity index (χ3n) is 4.49. The highest BCUT2D eigenvalue weighted by Gasteiger charge is 2.13. The van der Waals surface area contributed by atoms with Crippen molar-refractivity contribution in [2.24, 2.45) is 0 Å². The molecule has 4 aromatic carbocycles. The van der Waals surface area contributed by atoms with Gasteiger partial charge in [-0.1, -0.05) is 42.5 Å². The summed E-state index contributed by atoms with van der Waals surface area (Å²) in [6.07, 6.45) is 0. The quantitative estimate of drug-likeness (QED) is 0.378. The van der Waals surface area contributed by atoms with Crippen LogP contribution in [0.15, 0.2) is 66.7 Å². The summed E-state index contributed by atoms with van der Waals surface area (Å²) >= 11 is 0. The Kier molecular flexibility index (Phi) is 2.98. The molecule has 0 aromatic heterocycles. The number of hydrogen-bond donors (Lipinski definition) is 2. The van der Waals surface area contributed by atoms with Gasteiger partial charge in [0.1, 0.15) is 0 Å². The monoisotopic (exact) mass is 298 g/mol. The van der Waals surface area contributed by atoms with Gasteiger partial charge in [0.2, 0.25) is 0 Å². The smallest absolute Gasteiger partial charge is 0.0320 e. The van der Waals surface area contributed by atoms with Crippen LogP contribution in [0.1, 0.15) is 5.56 Å². The van der Waals surface area contributed by atoms with Gasteiger partial charge in [0.25, 0.3) is 0 Å². The van der Waals surface area contributed by atoms with Gasteiger partial charge in [-0.05, 0) is 69.4 Å². The van der Waals surface area contributed by atoms with Crippen LogP contribution in [0.3, 0.4) is 0 Å². The molecular weight excluding hydrogens is 280 g/mol. The van der Waals surface area contributed by atoms with Gasteiger partial charge in [0, 0.05) is 11.4 Å². The van der Waals surface area contributed by atoms with Crippen molar-refractivity contribution in [2.75, 3.05) is 11.5 Å². The molecule has 0 heterocycles. The summed E-state index contributed by atoms with van der Waals surface area (Å²) in [5.74, 6) is 0. The molecule has 0 atom stereocenters. The minimum absolute atomic E-state index is 0.781. The number of nitrogen functional groups attached to an aromatic ring is 2. The second-order valence-electron chi connectivity index (χ2n) is 5.98. The zero-order chi connectivity index (χ0) is 16.0. The van der Waals surface area contributed by atoms with Crippen LogP contribution >= 0.6 is 0 Å². The van der Waals surface area contributed by atoms with Crippen LogP contribution in [0.25, 0.3) is 32.7 Å². The molecule has 0 amide bonds. The molecule has 0 radical (unpaired) electrons. The van der Waals surface area contributed by atoms with E-state index in [1.54, 1.807) is 0 Å². The third kappa shape index (κ3) is 2.11. The number of aryl methyl sites for hydroxylation is 1. The van der Waals surface area contributed by atoms with Gasteiger partial charge in [0.05, 0.1) is 0 Å². The number of rotatable bonds is 1. The summed E-state index contributed by atoms with van der Waals surface area (Å²) in [6, 6.07) is 22.7. The number of fused-ring (bicyclic) bond motifs is 3. The van der Waals surface area contributed by atoms with E-state index >= 15 is 0 Å². The molecule has 4 rings (SSSR count). The molecule has 4 N–H and O–H groups in total. The Morgan fingerprint density at radius 2 is 1.17 bits per heavy atom. The van der Waals surface area contributed by atoms with Gasteiger partial charge in [-0.15, -0.1) is 0 Å². The molecule has 0 saturated carbocycles. The van der Waals surface area contributed by atoms with E-state index in [4.69, 9.17) is 11.5 Å². The Labute approximate surface area is 135 Å². The topological polar surface area (TPSA) is 52.0 Å². The van der Waals surface area contributed by atoms with Crippen LogP contribution in [0.5, 0.6) is 0 Å². The highest BCUT2D eigenvalue weighted by atomic mass is 14.5. The van der Waals surface area contributed by atoms with Gasteiger partial charge in [-0.25, -0.2) is 0 Å². The first-order valence-corrected chi connectivity index (χ1v) is 7.71. The van der Waals surface area contributed by atoms with Crippen molar-refractivity contribution in [1.82, 2.24) is 0 Å². The van der Waals surface area contributed by atoms with Crippen molar-refractivity contribution in [1.29, 1.82) is 0 Å². The highest BCUT2D eigenvalue weighted by molar-refractivity contribution is 6.16. The minimum atomic E-state index is 0.781. The van der Waals surface area contributed by atoms with Crippen LogP contribution < -0.4 is 11.5 Å². The Balaban J connectivity index is 2.26. The molecule has 112 valence electrons. The van der Waals surface area contributed by atoms with Crippen molar-refractivity contribution < 1.29 is 0 Å². The molecule has 2 heteroatoms. The van der Waals surface area contributed by atoms with E-state index in [0.717, 1.165) is 11.4 Å². The van der Waals surface area contributed by atoms with E-state index in [1.165, 1.54) is 38.2 Å². The maximum Gasteiger partial charge on any atom is 0.0320 e. The normalized spacial score (nSPS) is 11.2. The summed E-state index contributed by atoms with van der Waals surface area (Å²) in [5, 5.41) is 4.80. The van der Waals surface area contributed by atoms with Crippen molar-refractivity contribution in [3.63, 3.8) is 0 Å². The number of nitrogens with two attached hydrogens (primary N) is 2. The van der Waals surface area contributed by atoms with Crippen LogP contribution in [0.2, 0.25) is 0 Å². The fourth-order valence-corrected chi connectivity index (χ4v) is 3.42. The van der Waals surface area contributed by atoms with E-state index in [2.05, 4.69) is 55.5 Å². The van der Waals surface area contributed by atoms with Crippen LogP contribution in [-0.4, -0.2) is 0 Å². The Morgan fingerprint density at radius 1 is 0.609 bits per heavy atom. The SMILES string of the molecule is Cc1c(-c2ccccc2)c2cc(N)ccc2c2ccc(N)cc12. The van der Waals surface area contributed by atoms with Crippen molar-refractivity contribution in [3.05, 3.63) is 72.3 Å². The predicted molar refractivity (Wildman–Crippen MR) is 100 cm³/mol. The average molecular weight is 298 g/mol. The van der Waals surface area contributed by atoms with Gasteiger partial charge >= 0.3 is 0 Å². The van der Waals surface area contributed by atoms with E-state index in [1.807, 2.05) is 18.2 Å². The largest absolute Gasteiger partial charge is 0.399 e. The van der Waals surface area contributed by atoms with Gasteiger partial charge < -0.3 is 11.5 Å². The lowest BCUT2D eigenvalue weighted by atomic mass is 9.88. The Morgan fingerprint density at radius 3 is 1.83 bits per heavy atom. The van der Waals surface area contributed by atoms with Crippen LogP contribution in [-0.2, 0) is 0 Å². The molecule has 0 bridgehead atoms. The molecule has 0 fully saturated rings. The summed E-state index contributed by atoms with van der Waals surface area (Å²) in [5.41, 5.74) is 17.3. The lowest BCUT2D eigenvalue weighted by Gasteiger charge is -2.16. The zero-order valence-corrected chi connectivity index (χ0v) is 13.0. The van der Waals surface area contributed by atoms with Gasteiger partial charge in [-0.2, -0.15) is 0 Å². The number of hydrogen-bond acceptors (Lipinski definition) is 2. The molecule has 2 nitrogen and oxygen atoms in total. The van der Waals surface area contributed by atoms with Gasteiger partial charge in [0.15, 0.2) is 0 Å². The van der Waals surface area contributed by atoms with Crippen molar-refractivity contribution in [3.8, 4) is 11.1 Å². The summed E-state index contributed by atoms with van der Waals surface area (Å²) in [4.78, 5) is 0. The second-order valence-corrected chi connectivity index (χ2v) is 5.98. The van der Waals surface area contributed by atoms with Crippen molar-refractivity contribution in [2.45, 2.75) is 6.92 Å². The summed E-state index contributed by atoms with van der Waals surface area (Å²) in [6.45, 7) is 2.16. The first-order valence-electron chi connectivity index (χ1n) is 7.71. The molecule has 0 aliphatic rings. The Hall–Kier alpha value is -3.00. The summed E-state index contributed by atoms with van der Waals surface area (Å²) in [7, 11) is 0. The number of anilines is 2. The summed E-state index contributed by atoms with van der Waals surface area (Å²) < 4.78 is 0. The van der Waals surface area contributed by atoms with Gasteiger partial charge in [-0.3, -0.25) is 0 Å². The van der Waals surface area contributed by atoms with E-state index in [9.17, 15) is 0 Å². The third-order valence-corrected chi connectivity index (χ3v) is 4.49. The molecule has 0 saturated heterocycles. The molecular formula is C21H18N2. The van der Waals surface area contributed by atoms with Crippen LogP contribution in [0.4, 0.5) is 11.4 Å². The lowest BCUT2D eigenvalue weighted by molar-refractivity contribution is 1.53. The fourth-order valence-electron chi connectivity index (χ4n) is 3.42. The standard InChI is InChI=1S/C21H18N2/c1-13-19-11-15(22)7-9-17(19)18-10-8-16(23)12-20(18)21(13)14-5-3-2-4-6-14/h2-12H,22-23H2,1H3. The zero-order valence-electron chi connectivity index (χ0n) is 13.0. The first kappa shape index (κ1) is 13.6. The first-order chi connectivity index (χ1) is 11.1. The molecule has 23 heavy (non-hydrogen) atoms. The maximum absolute atomic E-state index is 6.07. The molecule has 0 aliphatic carbocycles. The van der Waals surface area contributed by atoms with E-state index in [-0.39, 0.29) is 0 Å². The molecule has 0 unspecified atom stereocenters. The molecule has 4 aromatic rings. The van der Waals surface area contributed by atoms with Crippen LogP contribution in [0, 0.1) is 6.92 Å². The number of benzene rings is 4. The maximum atomic E-state index is 6.07.